The summed E-state index contributed by atoms with van der Waals surface area (Å²) < 4.78 is 35.7. The summed E-state index contributed by atoms with van der Waals surface area (Å²) in [5.74, 6) is -0.514. The molecule has 0 aromatic heterocycles. The summed E-state index contributed by atoms with van der Waals surface area (Å²) >= 11 is 0. The lowest BCUT2D eigenvalue weighted by Gasteiger charge is -2.06. The normalized spacial score (nSPS) is 15.1. The van der Waals surface area contributed by atoms with Crippen LogP contribution in [0.4, 0.5) is 4.39 Å². The monoisotopic (exact) mass is 300 g/mol. The summed E-state index contributed by atoms with van der Waals surface area (Å²) in [6, 6.07) is 2.86. The van der Waals surface area contributed by atoms with E-state index < -0.39 is 26.6 Å². The molecule has 1 aromatic rings. The first kappa shape index (κ1) is 14.9. The first-order chi connectivity index (χ1) is 9.36. The van der Waals surface area contributed by atoms with E-state index >= 15 is 0 Å². The lowest BCUT2D eigenvalue weighted by molar-refractivity contribution is 0.0952. The van der Waals surface area contributed by atoms with Gasteiger partial charge in [-0.25, -0.2) is 17.9 Å². The minimum atomic E-state index is -4.03. The van der Waals surface area contributed by atoms with Gasteiger partial charge in [0, 0.05) is 12.1 Å². The van der Waals surface area contributed by atoms with Crippen molar-refractivity contribution in [3.63, 3.8) is 0 Å². The number of carbonyl (C=O) groups is 1. The van der Waals surface area contributed by atoms with Crippen LogP contribution >= 0.6 is 0 Å². The second kappa shape index (κ2) is 5.88. The fraction of sp³-hybridized carbons (Fsp3) is 0.462. The number of carbonyl (C=O) groups excluding carboxylic acids is 1. The number of hydrogen-bond acceptors (Lipinski definition) is 3. The van der Waals surface area contributed by atoms with E-state index in [1.54, 1.807) is 0 Å². The van der Waals surface area contributed by atoms with Gasteiger partial charge in [0.05, 0.1) is 4.90 Å². The van der Waals surface area contributed by atoms with Crippen LogP contribution in [-0.2, 0) is 10.0 Å². The predicted molar refractivity (Wildman–Crippen MR) is 72.1 cm³/mol. The van der Waals surface area contributed by atoms with Crippen molar-refractivity contribution in [2.45, 2.75) is 30.6 Å². The zero-order valence-electron chi connectivity index (χ0n) is 10.9. The molecule has 0 saturated heterocycles. The number of benzene rings is 1. The molecule has 1 saturated carbocycles. The van der Waals surface area contributed by atoms with E-state index in [9.17, 15) is 17.6 Å². The van der Waals surface area contributed by atoms with Crippen LogP contribution in [0.2, 0.25) is 0 Å². The second-order valence-corrected chi connectivity index (χ2v) is 6.62. The molecule has 0 atom stereocenters. The molecule has 5 nitrogen and oxygen atoms in total. The number of nitrogens with one attached hydrogen (secondary N) is 1. The highest BCUT2D eigenvalue weighted by Gasteiger charge is 2.20. The predicted octanol–water partition coefficient (Wildman–Crippen LogP) is 1.39. The lowest BCUT2D eigenvalue weighted by Crippen LogP contribution is -2.25. The van der Waals surface area contributed by atoms with Crippen LogP contribution in [0, 0.1) is 11.7 Å². The third-order valence-electron chi connectivity index (χ3n) is 3.23. The first-order valence-electron chi connectivity index (χ1n) is 6.48. The average molecular weight is 300 g/mol. The number of amides is 1. The van der Waals surface area contributed by atoms with Gasteiger partial charge in [0.25, 0.3) is 5.91 Å². The number of sulfonamides is 1. The van der Waals surface area contributed by atoms with Crippen molar-refractivity contribution in [1.82, 2.24) is 5.32 Å². The van der Waals surface area contributed by atoms with Gasteiger partial charge < -0.3 is 5.32 Å². The number of primary sulfonamides is 1. The molecule has 0 spiro atoms. The maximum absolute atomic E-state index is 13.3. The van der Waals surface area contributed by atoms with Crippen LogP contribution in [0.15, 0.2) is 23.1 Å². The quantitative estimate of drug-likeness (QED) is 0.778. The second-order valence-electron chi connectivity index (χ2n) is 5.06. The smallest absolute Gasteiger partial charge is 0.251 e. The van der Waals surface area contributed by atoms with Gasteiger partial charge in [-0.1, -0.05) is 12.8 Å². The van der Waals surface area contributed by atoms with Gasteiger partial charge in [0.1, 0.15) is 5.82 Å². The SMILES string of the molecule is NS(=O)(=O)c1cc(F)cc(C(=O)NCCCC2CC2)c1. The summed E-state index contributed by atoms with van der Waals surface area (Å²) in [6.07, 6.45) is 4.46. The van der Waals surface area contributed by atoms with Crippen LogP contribution < -0.4 is 10.5 Å². The van der Waals surface area contributed by atoms with Crippen molar-refractivity contribution in [3.8, 4) is 0 Å². The van der Waals surface area contributed by atoms with E-state index in [-0.39, 0.29) is 5.56 Å². The largest absolute Gasteiger partial charge is 0.352 e. The molecule has 3 N–H and O–H groups in total. The van der Waals surface area contributed by atoms with E-state index in [0.717, 1.165) is 37.0 Å². The van der Waals surface area contributed by atoms with Crippen molar-refractivity contribution in [3.05, 3.63) is 29.6 Å². The minimum Gasteiger partial charge on any atom is -0.352 e. The van der Waals surface area contributed by atoms with Gasteiger partial charge >= 0.3 is 0 Å². The van der Waals surface area contributed by atoms with Gasteiger partial charge in [-0.3, -0.25) is 4.79 Å². The third kappa shape index (κ3) is 4.28. The molecule has 20 heavy (non-hydrogen) atoms. The fourth-order valence-corrected chi connectivity index (χ4v) is 2.53. The summed E-state index contributed by atoms with van der Waals surface area (Å²) in [7, 11) is -4.03. The Morgan fingerprint density at radius 1 is 1.35 bits per heavy atom. The number of hydrogen-bond donors (Lipinski definition) is 2. The minimum absolute atomic E-state index is 0.0413. The third-order valence-corrected chi connectivity index (χ3v) is 4.13. The lowest BCUT2D eigenvalue weighted by atomic mass is 10.2. The van der Waals surface area contributed by atoms with Crippen LogP contribution in [-0.4, -0.2) is 20.9 Å². The Morgan fingerprint density at radius 2 is 2.05 bits per heavy atom. The first-order valence-corrected chi connectivity index (χ1v) is 8.02. The van der Waals surface area contributed by atoms with Crippen LogP contribution in [0.3, 0.4) is 0 Å². The Labute approximate surface area is 117 Å². The molecule has 0 aliphatic heterocycles. The van der Waals surface area contributed by atoms with Gasteiger partial charge in [-0.05, 0) is 37.0 Å². The summed E-state index contributed by atoms with van der Waals surface area (Å²) in [4.78, 5) is 11.4. The van der Waals surface area contributed by atoms with Crippen molar-refractivity contribution in [2.24, 2.45) is 11.1 Å². The van der Waals surface area contributed by atoms with Gasteiger partial charge in [0.2, 0.25) is 10.0 Å². The molecule has 0 bridgehead atoms. The van der Waals surface area contributed by atoms with E-state index in [4.69, 9.17) is 5.14 Å². The molecule has 2 rings (SSSR count). The molecule has 0 radical (unpaired) electrons. The Bertz CT molecular complexity index is 612. The molecular weight excluding hydrogens is 283 g/mol. The Kier molecular flexibility index (Phi) is 4.39. The highest BCUT2D eigenvalue weighted by molar-refractivity contribution is 7.89. The van der Waals surface area contributed by atoms with Crippen molar-refractivity contribution < 1.29 is 17.6 Å². The van der Waals surface area contributed by atoms with Crippen molar-refractivity contribution in [2.75, 3.05) is 6.54 Å². The molecule has 1 aliphatic carbocycles. The number of halogens is 1. The molecule has 1 aromatic carbocycles. The standard InChI is InChI=1S/C13H17FN2O3S/c14-11-6-10(7-12(8-11)20(15,18)19)13(17)16-5-1-2-9-3-4-9/h6-9H,1-5H2,(H,16,17)(H2,15,18,19). The molecule has 110 valence electrons. The maximum atomic E-state index is 13.3. The zero-order chi connectivity index (χ0) is 14.8. The number of nitrogens with two attached hydrogens (primary N) is 1. The Balaban J connectivity index is 1.99. The molecule has 0 unspecified atom stereocenters. The van der Waals surface area contributed by atoms with Crippen LogP contribution in [0.1, 0.15) is 36.0 Å². The highest BCUT2D eigenvalue weighted by atomic mass is 32.2. The van der Waals surface area contributed by atoms with Crippen LogP contribution in [0.25, 0.3) is 0 Å². The summed E-state index contributed by atoms with van der Waals surface area (Å²) in [6.45, 7) is 0.497. The number of rotatable bonds is 6. The topological polar surface area (TPSA) is 89.3 Å². The average Bonchev–Trinajstić information content (AvgIpc) is 3.16. The Hall–Kier alpha value is -1.47. The molecule has 1 fully saturated rings. The van der Waals surface area contributed by atoms with E-state index in [0.29, 0.717) is 6.54 Å². The molecule has 1 amide bonds. The maximum Gasteiger partial charge on any atom is 0.251 e. The summed E-state index contributed by atoms with van der Waals surface area (Å²) in [5, 5.41) is 7.58. The van der Waals surface area contributed by atoms with Gasteiger partial charge in [-0.15, -0.1) is 0 Å². The molecule has 7 heteroatoms. The van der Waals surface area contributed by atoms with Crippen molar-refractivity contribution in [1.29, 1.82) is 0 Å². The van der Waals surface area contributed by atoms with Gasteiger partial charge in [-0.2, -0.15) is 0 Å². The molecule has 1 aliphatic rings. The fourth-order valence-electron chi connectivity index (χ4n) is 1.96. The van der Waals surface area contributed by atoms with Crippen molar-refractivity contribution >= 4 is 15.9 Å². The van der Waals surface area contributed by atoms with Crippen LogP contribution in [0.5, 0.6) is 0 Å². The summed E-state index contributed by atoms with van der Waals surface area (Å²) in [5.41, 5.74) is -0.0413. The Morgan fingerprint density at radius 3 is 2.65 bits per heavy atom. The highest BCUT2D eigenvalue weighted by Crippen LogP contribution is 2.33. The van der Waals surface area contributed by atoms with E-state index in [2.05, 4.69) is 5.32 Å². The van der Waals surface area contributed by atoms with E-state index in [1.165, 1.54) is 12.8 Å². The zero-order valence-corrected chi connectivity index (χ0v) is 11.7. The van der Waals surface area contributed by atoms with E-state index in [1.807, 2.05) is 0 Å². The molecular formula is C13H17FN2O3S. The van der Waals surface area contributed by atoms with Gasteiger partial charge in [0.15, 0.2) is 0 Å². The molecule has 0 heterocycles.